The van der Waals surface area contributed by atoms with E-state index in [0.29, 0.717) is 18.2 Å². The number of aromatic nitrogens is 5. The van der Waals surface area contributed by atoms with Gasteiger partial charge in [-0.15, -0.1) is 5.10 Å². The maximum absolute atomic E-state index is 12.5. The third-order valence-electron chi connectivity index (χ3n) is 4.83. The predicted octanol–water partition coefficient (Wildman–Crippen LogP) is 1.39. The SMILES string of the molecule is O=C(NCc1ccccc1-n1ccnc1)c1cn(C[C@@H]2CCCNC2)nn1. The molecule has 8 nitrogen and oxygen atoms in total. The van der Waals surface area contributed by atoms with E-state index in [-0.39, 0.29) is 5.91 Å². The van der Waals surface area contributed by atoms with Gasteiger partial charge in [0.05, 0.1) is 18.2 Å². The van der Waals surface area contributed by atoms with Crippen molar-refractivity contribution in [1.82, 2.24) is 35.2 Å². The van der Waals surface area contributed by atoms with E-state index in [9.17, 15) is 4.79 Å². The van der Waals surface area contributed by atoms with Crippen molar-refractivity contribution >= 4 is 5.91 Å². The van der Waals surface area contributed by atoms with Crippen LogP contribution in [0.1, 0.15) is 28.9 Å². The first-order valence-electron chi connectivity index (χ1n) is 9.25. The average Bonchev–Trinajstić information content (AvgIpc) is 3.39. The van der Waals surface area contributed by atoms with Crippen LogP contribution in [0.3, 0.4) is 0 Å². The average molecular weight is 365 g/mol. The van der Waals surface area contributed by atoms with E-state index in [1.807, 2.05) is 35.0 Å². The molecule has 1 amide bonds. The summed E-state index contributed by atoms with van der Waals surface area (Å²) in [5, 5.41) is 14.5. The van der Waals surface area contributed by atoms with Gasteiger partial charge in [-0.25, -0.2) is 4.98 Å². The van der Waals surface area contributed by atoms with Gasteiger partial charge in [0.25, 0.3) is 5.91 Å². The van der Waals surface area contributed by atoms with Gasteiger partial charge in [-0.3, -0.25) is 9.48 Å². The minimum absolute atomic E-state index is 0.219. The number of piperidine rings is 1. The summed E-state index contributed by atoms with van der Waals surface area (Å²) in [6, 6.07) is 7.91. The Kier molecular flexibility index (Phi) is 5.24. The number of nitrogens with one attached hydrogen (secondary N) is 2. The summed E-state index contributed by atoms with van der Waals surface area (Å²) in [4.78, 5) is 16.5. The van der Waals surface area contributed by atoms with E-state index in [1.54, 1.807) is 23.4 Å². The fourth-order valence-corrected chi connectivity index (χ4v) is 3.42. The van der Waals surface area contributed by atoms with Gasteiger partial charge in [0.2, 0.25) is 0 Å². The summed E-state index contributed by atoms with van der Waals surface area (Å²) >= 11 is 0. The summed E-state index contributed by atoms with van der Waals surface area (Å²) in [6.07, 6.45) is 9.45. The molecule has 0 aliphatic carbocycles. The van der Waals surface area contributed by atoms with Crippen LogP contribution in [0.25, 0.3) is 5.69 Å². The smallest absolute Gasteiger partial charge is 0.273 e. The number of carbonyl (C=O) groups excluding carboxylic acids is 1. The lowest BCUT2D eigenvalue weighted by atomic mass is 10.00. The summed E-state index contributed by atoms with van der Waals surface area (Å²) in [6.45, 7) is 3.28. The molecule has 27 heavy (non-hydrogen) atoms. The Morgan fingerprint density at radius 1 is 1.33 bits per heavy atom. The molecule has 4 rings (SSSR count). The molecule has 1 atom stereocenters. The number of hydrogen-bond acceptors (Lipinski definition) is 5. The fraction of sp³-hybridized carbons (Fsp3) is 0.368. The normalized spacial score (nSPS) is 17.0. The van der Waals surface area contributed by atoms with Crippen molar-refractivity contribution in [3.8, 4) is 5.69 Å². The molecule has 0 spiro atoms. The number of rotatable bonds is 6. The van der Waals surface area contributed by atoms with Crippen molar-refractivity contribution in [2.75, 3.05) is 13.1 Å². The molecule has 0 radical (unpaired) electrons. The highest BCUT2D eigenvalue weighted by molar-refractivity contribution is 5.91. The molecule has 0 unspecified atom stereocenters. The van der Waals surface area contributed by atoms with Crippen molar-refractivity contribution in [3.63, 3.8) is 0 Å². The maximum atomic E-state index is 12.5. The van der Waals surface area contributed by atoms with E-state index in [1.165, 1.54) is 12.8 Å². The molecule has 8 heteroatoms. The zero-order valence-electron chi connectivity index (χ0n) is 15.1. The molecule has 1 aromatic carbocycles. The molecule has 2 aromatic heterocycles. The number of imidazole rings is 1. The van der Waals surface area contributed by atoms with Crippen molar-refractivity contribution in [2.24, 2.45) is 5.92 Å². The van der Waals surface area contributed by atoms with E-state index in [0.717, 1.165) is 30.9 Å². The van der Waals surface area contributed by atoms with Crippen molar-refractivity contribution in [2.45, 2.75) is 25.9 Å². The third-order valence-corrected chi connectivity index (χ3v) is 4.83. The first-order valence-corrected chi connectivity index (χ1v) is 9.25. The van der Waals surface area contributed by atoms with Crippen molar-refractivity contribution in [1.29, 1.82) is 0 Å². The third kappa shape index (κ3) is 4.22. The van der Waals surface area contributed by atoms with Crippen LogP contribution in [0.15, 0.2) is 49.2 Å². The van der Waals surface area contributed by atoms with Crippen LogP contribution in [0.2, 0.25) is 0 Å². The van der Waals surface area contributed by atoms with E-state index >= 15 is 0 Å². The van der Waals surface area contributed by atoms with Crippen LogP contribution in [0.5, 0.6) is 0 Å². The van der Waals surface area contributed by atoms with Gasteiger partial charge in [0, 0.05) is 25.5 Å². The van der Waals surface area contributed by atoms with Gasteiger partial charge in [0.15, 0.2) is 5.69 Å². The number of nitrogens with zero attached hydrogens (tertiary/aromatic N) is 5. The van der Waals surface area contributed by atoms with Gasteiger partial charge < -0.3 is 15.2 Å². The molecule has 1 saturated heterocycles. The van der Waals surface area contributed by atoms with E-state index in [4.69, 9.17) is 0 Å². The Balaban J connectivity index is 1.38. The lowest BCUT2D eigenvalue weighted by Gasteiger charge is -2.22. The number of carbonyl (C=O) groups is 1. The van der Waals surface area contributed by atoms with Crippen LogP contribution < -0.4 is 10.6 Å². The zero-order valence-corrected chi connectivity index (χ0v) is 15.1. The zero-order chi connectivity index (χ0) is 18.5. The lowest BCUT2D eigenvalue weighted by molar-refractivity contribution is 0.0946. The highest BCUT2D eigenvalue weighted by atomic mass is 16.2. The van der Waals surface area contributed by atoms with Crippen molar-refractivity contribution in [3.05, 3.63) is 60.4 Å². The van der Waals surface area contributed by atoms with Crippen LogP contribution in [-0.4, -0.2) is 43.5 Å². The first-order chi connectivity index (χ1) is 13.3. The van der Waals surface area contributed by atoms with Gasteiger partial charge in [0.1, 0.15) is 0 Å². The minimum Gasteiger partial charge on any atom is -0.346 e. The second-order valence-corrected chi connectivity index (χ2v) is 6.82. The van der Waals surface area contributed by atoms with Gasteiger partial charge >= 0.3 is 0 Å². The van der Waals surface area contributed by atoms with Crippen LogP contribution in [0.4, 0.5) is 0 Å². The molecule has 140 valence electrons. The highest BCUT2D eigenvalue weighted by Gasteiger charge is 2.16. The van der Waals surface area contributed by atoms with Crippen LogP contribution >= 0.6 is 0 Å². The molecule has 3 aromatic rings. The minimum atomic E-state index is -0.219. The van der Waals surface area contributed by atoms with Crippen LogP contribution in [0, 0.1) is 5.92 Å². The van der Waals surface area contributed by atoms with Gasteiger partial charge in [-0.1, -0.05) is 23.4 Å². The lowest BCUT2D eigenvalue weighted by Crippen LogP contribution is -2.32. The number of amides is 1. The molecule has 2 N–H and O–H groups in total. The molecule has 1 aliphatic rings. The monoisotopic (exact) mass is 365 g/mol. The Morgan fingerprint density at radius 3 is 3.07 bits per heavy atom. The summed E-state index contributed by atoms with van der Waals surface area (Å²) in [5.74, 6) is 0.321. The maximum Gasteiger partial charge on any atom is 0.273 e. The molecular weight excluding hydrogens is 342 g/mol. The number of para-hydroxylation sites is 1. The van der Waals surface area contributed by atoms with Crippen LogP contribution in [-0.2, 0) is 13.1 Å². The summed E-state index contributed by atoms with van der Waals surface area (Å²) in [5.41, 5.74) is 2.34. The van der Waals surface area contributed by atoms with Gasteiger partial charge in [-0.2, -0.15) is 0 Å². The van der Waals surface area contributed by atoms with Crippen molar-refractivity contribution < 1.29 is 4.79 Å². The second-order valence-electron chi connectivity index (χ2n) is 6.82. The molecule has 1 fully saturated rings. The fourth-order valence-electron chi connectivity index (χ4n) is 3.42. The summed E-state index contributed by atoms with van der Waals surface area (Å²) in [7, 11) is 0. The molecular formula is C19H23N7O. The first kappa shape index (κ1) is 17.4. The highest BCUT2D eigenvalue weighted by Crippen LogP contribution is 2.14. The Morgan fingerprint density at radius 2 is 2.26 bits per heavy atom. The Hall–Kier alpha value is -3.00. The Bertz CT molecular complexity index is 881. The Labute approximate surface area is 157 Å². The van der Waals surface area contributed by atoms with E-state index in [2.05, 4.69) is 25.9 Å². The quantitative estimate of drug-likeness (QED) is 0.689. The van der Waals surface area contributed by atoms with E-state index < -0.39 is 0 Å². The number of benzene rings is 1. The number of hydrogen-bond donors (Lipinski definition) is 2. The molecule has 3 heterocycles. The standard InChI is InChI=1S/C19H23N7O/c27-19(17-13-26(24-23-17)12-15-4-3-7-20-10-15)22-11-16-5-1-2-6-18(16)25-9-8-21-14-25/h1-2,5-6,8-9,13-15,20H,3-4,7,10-12H2,(H,22,27)/t15-/m1/s1. The summed E-state index contributed by atoms with van der Waals surface area (Å²) < 4.78 is 3.70. The van der Waals surface area contributed by atoms with Gasteiger partial charge in [-0.05, 0) is 43.5 Å². The predicted molar refractivity (Wildman–Crippen MR) is 100 cm³/mol. The topological polar surface area (TPSA) is 89.7 Å². The molecule has 0 saturated carbocycles. The molecule has 0 bridgehead atoms. The molecule has 1 aliphatic heterocycles. The second kappa shape index (κ2) is 8.13. The largest absolute Gasteiger partial charge is 0.346 e.